The molecule has 3 aromatic rings. The molecule has 0 aliphatic carbocycles. The number of carbonyl (C=O) groups excluding carboxylic acids is 1. The number of hydrogen-bond acceptors (Lipinski definition) is 8. The summed E-state index contributed by atoms with van der Waals surface area (Å²) < 4.78 is 11.2. The number of nitrogens with zero attached hydrogens (tertiary/aromatic N) is 3. The molecule has 1 saturated heterocycles. The summed E-state index contributed by atoms with van der Waals surface area (Å²) in [5.41, 5.74) is 1.94. The number of anilines is 1. The first-order chi connectivity index (χ1) is 13.7. The zero-order chi connectivity index (χ0) is 19.3. The smallest absolute Gasteiger partial charge is 0.296 e. The van der Waals surface area contributed by atoms with Gasteiger partial charge in [0, 0.05) is 30.1 Å². The Hall–Kier alpha value is -3.04. The summed E-state index contributed by atoms with van der Waals surface area (Å²) in [5.74, 6) is 0.370. The molecule has 9 heteroatoms. The molecule has 1 fully saturated rings. The van der Waals surface area contributed by atoms with E-state index in [9.17, 15) is 4.79 Å². The third kappa shape index (κ3) is 3.95. The van der Waals surface area contributed by atoms with Gasteiger partial charge in [-0.3, -0.25) is 15.1 Å². The normalized spacial score (nSPS) is 16.0. The van der Waals surface area contributed by atoms with Crippen molar-refractivity contribution in [3.63, 3.8) is 0 Å². The van der Waals surface area contributed by atoms with Gasteiger partial charge in [-0.15, -0.1) is 5.10 Å². The molecule has 1 amide bonds. The maximum Gasteiger partial charge on any atom is 0.296 e. The molecule has 1 unspecified atom stereocenters. The highest BCUT2D eigenvalue weighted by atomic mass is 32.1. The Balaban J connectivity index is 1.54. The number of carbonyl (C=O) groups is 1. The van der Waals surface area contributed by atoms with Crippen molar-refractivity contribution in [3.05, 3.63) is 48.3 Å². The molecule has 144 valence electrons. The average molecular weight is 397 g/mol. The van der Waals surface area contributed by atoms with Crippen molar-refractivity contribution in [1.82, 2.24) is 20.5 Å². The lowest BCUT2D eigenvalue weighted by molar-refractivity contribution is 0.102. The number of hydrogen-bond donors (Lipinski definition) is 2. The number of ether oxygens (including phenoxy) is 2. The number of benzene rings is 1. The molecule has 1 aliphatic rings. The van der Waals surface area contributed by atoms with Crippen molar-refractivity contribution in [2.75, 3.05) is 25.5 Å². The van der Waals surface area contributed by atoms with Crippen LogP contribution in [0.15, 0.2) is 42.7 Å². The molecule has 3 heterocycles. The Morgan fingerprint density at radius 3 is 2.96 bits per heavy atom. The van der Waals surface area contributed by atoms with Crippen LogP contribution < -0.4 is 20.1 Å². The number of para-hydroxylation sites is 1. The van der Waals surface area contributed by atoms with Crippen LogP contribution >= 0.6 is 11.3 Å². The second kappa shape index (κ2) is 8.32. The lowest BCUT2D eigenvalue weighted by atomic mass is 10.0. The van der Waals surface area contributed by atoms with E-state index < -0.39 is 0 Å². The van der Waals surface area contributed by atoms with Crippen LogP contribution in [0.3, 0.4) is 0 Å². The van der Waals surface area contributed by atoms with Crippen LogP contribution in [0.1, 0.15) is 16.8 Å². The zero-order valence-corrected chi connectivity index (χ0v) is 16.0. The Morgan fingerprint density at radius 2 is 2.14 bits per heavy atom. The van der Waals surface area contributed by atoms with Crippen molar-refractivity contribution in [2.45, 2.75) is 12.5 Å². The van der Waals surface area contributed by atoms with Gasteiger partial charge in [0.1, 0.15) is 11.9 Å². The molecule has 0 bridgehead atoms. The van der Waals surface area contributed by atoms with E-state index in [0.717, 1.165) is 25.1 Å². The highest BCUT2D eigenvalue weighted by Gasteiger charge is 2.20. The topological polar surface area (TPSA) is 98.3 Å². The number of pyridine rings is 1. The molecule has 0 saturated carbocycles. The summed E-state index contributed by atoms with van der Waals surface area (Å²) in [5, 5.41) is 14.9. The van der Waals surface area contributed by atoms with Gasteiger partial charge >= 0.3 is 0 Å². The first kappa shape index (κ1) is 18.3. The van der Waals surface area contributed by atoms with Crippen molar-refractivity contribution in [2.24, 2.45) is 0 Å². The van der Waals surface area contributed by atoms with Gasteiger partial charge < -0.3 is 14.8 Å². The van der Waals surface area contributed by atoms with Gasteiger partial charge in [0.05, 0.1) is 12.7 Å². The number of nitrogens with one attached hydrogen (secondary N) is 2. The Kier molecular flexibility index (Phi) is 5.45. The fraction of sp³-hybridized carbons (Fsp3) is 0.263. The minimum absolute atomic E-state index is 0.0915. The van der Waals surface area contributed by atoms with Crippen LogP contribution in [-0.4, -0.2) is 47.4 Å². The Morgan fingerprint density at radius 1 is 1.25 bits per heavy atom. The molecule has 1 aromatic carbocycles. The van der Waals surface area contributed by atoms with E-state index in [0.29, 0.717) is 27.2 Å². The fourth-order valence-corrected chi connectivity index (χ4v) is 3.67. The predicted octanol–water partition coefficient (Wildman–Crippen LogP) is 2.60. The third-order valence-corrected chi connectivity index (χ3v) is 5.10. The molecule has 1 aliphatic heterocycles. The molecule has 8 nitrogen and oxygen atoms in total. The molecule has 0 spiro atoms. The van der Waals surface area contributed by atoms with Gasteiger partial charge in [0.2, 0.25) is 5.13 Å². The second-order valence-corrected chi connectivity index (χ2v) is 7.12. The van der Waals surface area contributed by atoms with Gasteiger partial charge in [-0.1, -0.05) is 23.3 Å². The van der Waals surface area contributed by atoms with Crippen LogP contribution in [0.5, 0.6) is 10.9 Å². The lowest BCUT2D eigenvalue weighted by Crippen LogP contribution is -2.19. The largest absolute Gasteiger partial charge is 0.496 e. The van der Waals surface area contributed by atoms with Crippen molar-refractivity contribution in [1.29, 1.82) is 0 Å². The van der Waals surface area contributed by atoms with Crippen LogP contribution in [0.2, 0.25) is 0 Å². The summed E-state index contributed by atoms with van der Waals surface area (Å²) in [6, 6.07) is 9.16. The molecule has 1 atom stereocenters. The predicted molar refractivity (Wildman–Crippen MR) is 106 cm³/mol. The van der Waals surface area contributed by atoms with E-state index in [-0.39, 0.29) is 12.0 Å². The molecule has 28 heavy (non-hydrogen) atoms. The van der Waals surface area contributed by atoms with Gasteiger partial charge in [0.25, 0.3) is 11.1 Å². The van der Waals surface area contributed by atoms with Gasteiger partial charge in [-0.2, -0.15) is 0 Å². The standard InChI is InChI=1S/C19H19N5O3S/c1-26-16-5-3-2-4-13(16)15-11-21-9-7-14(15)17(25)22-18-23-24-19(28-18)27-12-6-8-20-10-12/h2-5,7,9,11-12,20H,6,8,10H2,1H3,(H,22,23,25). The number of rotatable bonds is 6. The minimum atomic E-state index is -0.298. The van der Waals surface area contributed by atoms with Crippen LogP contribution in [0.4, 0.5) is 5.13 Å². The van der Waals surface area contributed by atoms with Crippen LogP contribution in [-0.2, 0) is 0 Å². The summed E-state index contributed by atoms with van der Waals surface area (Å²) in [4.78, 5) is 17.0. The van der Waals surface area contributed by atoms with Crippen molar-refractivity contribution < 1.29 is 14.3 Å². The SMILES string of the molecule is COc1ccccc1-c1cnccc1C(=O)Nc1nnc(OC2CCNC2)s1. The maximum absolute atomic E-state index is 12.9. The molecule has 2 aromatic heterocycles. The first-order valence-corrected chi connectivity index (χ1v) is 9.66. The quantitative estimate of drug-likeness (QED) is 0.660. The average Bonchev–Trinajstić information content (AvgIpc) is 3.40. The number of aromatic nitrogens is 3. The van der Waals surface area contributed by atoms with Crippen LogP contribution in [0.25, 0.3) is 11.1 Å². The van der Waals surface area contributed by atoms with E-state index >= 15 is 0 Å². The number of amides is 1. The molecule has 0 radical (unpaired) electrons. The van der Waals surface area contributed by atoms with Crippen molar-refractivity contribution >= 4 is 22.4 Å². The van der Waals surface area contributed by atoms with E-state index in [1.165, 1.54) is 11.3 Å². The van der Waals surface area contributed by atoms with E-state index in [1.54, 1.807) is 25.6 Å². The number of methoxy groups -OCH3 is 1. The minimum Gasteiger partial charge on any atom is -0.496 e. The van der Waals surface area contributed by atoms with Gasteiger partial charge in [0.15, 0.2) is 0 Å². The highest BCUT2D eigenvalue weighted by molar-refractivity contribution is 7.17. The fourth-order valence-electron chi connectivity index (χ4n) is 3.02. The Bertz CT molecular complexity index is 971. The Labute approximate surface area is 165 Å². The zero-order valence-electron chi connectivity index (χ0n) is 15.2. The van der Waals surface area contributed by atoms with Gasteiger partial charge in [-0.25, -0.2) is 0 Å². The monoisotopic (exact) mass is 397 g/mol. The maximum atomic E-state index is 12.9. The first-order valence-electron chi connectivity index (χ1n) is 8.84. The summed E-state index contributed by atoms with van der Waals surface area (Å²) >= 11 is 1.21. The molecule has 4 rings (SSSR count). The van der Waals surface area contributed by atoms with E-state index in [2.05, 4.69) is 25.8 Å². The third-order valence-electron chi connectivity index (χ3n) is 4.37. The molecule has 2 N–H and O–H groups in total. The summed E-state index contributed by atoms with van der Waals surface area (Å²) in [6.45, 7) is 1.72. The molecular weight excluding hydrogens is 378 g/mol. The summed E-state index contributed by atoms with van der Waals surface area (Å²) in [6.07, 6.45) is 4.25. The summed E-state index contributed by atoms with van der Waals surface area (Å²) in [7, 11) is 1.59. The van der Waals surface area contributed by atoms with Crippen molar-refractivity contribution in [3.8, 4) is 22.1 Å². The van der Waals surface area contributed by atoms with E-state index in [1.807, 2.05) is 24.3 Å². The van der Waals surface area contributed by atoms with Gasteiger partial charge in [-0.05, 0) is 36.4 Å². The van der Waals surface area contributed by atoms with Crippen LogP contribution in [0, 0.1) is 0 Å². The second-order valence-electron chi connectivity index (χ2n) is 6.18. The highest BCUT2D eigenvalue weighted by Crippen LogP contribution is 2.32. The lowest BCUT2D eigenvalue weighted by Gasteiger charge is -2.11. The van der Waals surface area contributed by atoms with E-state index in [4.69, 9.17) is 9.47 Å². The molecular formula is C19H19N5O3S.